The number of aliphatic hydroxyl groups is 2. The Morgan fingerprint density at radius 3 is 2.04 bits per heavy atom. The number of amides is 2. The molecule has 2 saturated heterocycles. The molecule has 7 aromatic rings. The number of oxazole rings is 1. The van der Waals surface area contributed by atoms with Crippen LogP contribution in [-0.2, 0) is 15.2 Å². The maximum absolute atomic E-state index is 13.6. The SMILES string of the molecule is C[C@@](O)(C(=O)N1CCC[C@H]1c1nc2ccc(-c3ncc(-c4ccc5nc([C@@H]6CCCN6C(=O)[C@@H](O)c6ccccc6)[nH]c5c4)o3)cc2[nH]1)c1ccccc1. The van der Waals surface area contributed by atoms with Gasteiger partial charge in [0.25, 0.3) is 11.8 Å². The van der Waals surface area contributed by atoms with E-state index in [9.17, 15) is 19.8 Å². The Morgan fingerprint density at radius 2 is 1.37 bits per heavy atom. The number of carbonyl (C=O) groups is 2. The van der Waals surface area contributed by atoms with Crippen molar-refractivity contribution >= 4 is 33.9 Å². The highest BCUT2D eigenvalue weighted by molar-refractivity contribution is 5.87. The molecule has 3 aromatic heterocycles. The summed E-state index contributed by atoms with van der Waals surface area (Å²) in [7, 11) is 0. The van der Waals surface area contributed by atoms with Gasteiger partial charge in [0.05, 0.1) is 40.3 Å². The van der Waals surface area contributed by atoms with Crippen LogP contribution < -0.4 is 0 Å². The summed E-state index contributed by atoms with van der Waals surface area (Å²) < 4.78 is 6.27. The molecule has 12 heteroatoms. The van der Waals surface area contributed by atoms with Crippen molar-refractivity contribution in [3.05, 3.63) is 126 Å². The van der Waals surface area contributed by atoms with Gasteiger partial charge in [0.1, 0.15) is 11.6 Å². The van der Waals surface area contributed by atoms with E-state index in [0.717, 1.165) is 58.9 Å². The van der Waals surface area contributed by atoms with E-state index in [1.807, 2.05) is 72.8 Å². The van der Waals surface area contributed by atoms with E-state index < -0.39 is 11.7 Å². The third kappa shape index (κ3) is 5.93. The van der Waals surface area contributed by atoms with Gasteiger partial charge in [-0.2, -0.15) is 0 Å². The first-order valence-electron chi connectivity index (χ1n) is 18.3. The van der Waals surface area contributed by atoms with Gasteiger partial charge in [-0.3, -0.25) is 9.59 Å². The van der Waals surface area contributed by atoms with E-state index in [4.69, 9.17) is 14.4 Å². The molecular formula is C42H39N7O5. The van der Waals surface area contributed by atoms with Gasteiger partial charge in [0.2, 0.25) is 5.89 Å². The Bertz CT molecular complexity index is 2490. The Hall–Kier alpha value is -6.11. The van der Waals surface area contributed by atoms with Crippen LogP contribution in [0.1, 0.15) is 73.6 Å². The van der Waals surface area contributed by atoms with E-state index in [2.05, 4.69) is 15.0 Å². The minimum atomic E-state index is -1.65. The minimum absolute atomic E-state index is 0.261. The number of benzene rings is 4. The van der Waals surface area contributed by atoms with Gasteiger partial charge in [0, 0.05) is 24.2 Å². The molecule has 54 heavy (non-hydrogen) atoms. The third-order valence-electron chi connectivity index (χ3n) is 10.8. The van der Waals surface area contributed by atoms with E-state index in [-0.39, 0.29) is 23.9 Å². The van der Waals surface area contributed by atoms with Gasteiger partial charge in [-0.25, -0.2) is 15.0 Å². The van der Waals surface area contributed by atoms with Crippen molar-refractivity contribution in [3.8, 4) is 22.8 Å². The van der Waals surface area contributed by atoms with Crippen LogP contribution in [0.25, 0.3) is 44.8 Å². The first-order valence-corrected chi connectivity index (χ1v) is 18.3. The summed E-state index contributed by atoms with van der Waals surface area (Å²) in [5, 5.41) is 22.1. The number of hydrogen-bond acceptors (Lipinski definition) is 8. The number of likely N-dealkylation sites (tertiary alicyclic amines) is 2. The number of hydrogen-bond donors (Lipinski definition) is 4. The number of aromatic nitrogens is 5. The van der Waals surface area contributed by atoms with Crippen molar-refractivity contribution in [2.45, 2.75) is 56.4 Å². The summed E-state index contributed by atoms with van der Waals surface area (Å²) in [6.07, 6.45) is 3.59. The number of nitrogens with zero attached hydrogens (tertiary/aromatic N) is 5. The number of H-pyrrole nitrogens is 2. The number of imidazole rings is 2. The van der Waals surface area contributed by atoms with Crippen LogP contribution in [0.4, 0.5) is 0 Å². The van der Waals surface area contributed by atoms with E-state index in [0.29, 0.717) is 47.5 Å². The van der Waals surface area contributed by atoms with Gasteiger partial charge in [-0.1, -0.05) is 60.7 Å². The Kier molecular flexibility index (Phi) is 8.36. The molecule has 0 bridgehead atoms. The zero-order valence-electron chi connectivity index (χ0n) is 29.6. The molecule has 272 valence electrons. The highest BCUT2D eigenvalue weighted by Gasteiger charge is 2.42. The molecule has 5 heterocycles. The van der Waals surface area contributed by atoms with Crippen molar-refractivity contribution < 1.29 is 24.2 Å². The number of fused-ring (bicyclic) bond motifs is 2. The molecule has 2 aliphatic rings. The summed E-state index contributed by atoms with van der Waals surface area (Å²) in [5.74, 6) is 1.72. The standard InChI is InChI=1S/C42H39N7O5/c1-42(53,28-12-6-3-7-13-28)41(52)49-21-9-15-34(49)38-45-30-19-17-27(23-32(30)47-38)39-43-24-35(54-39)26-16-18-29-31(22-26)46-37(44-29)33-14-8-20-48(33)40(51)36(50)25-10-4-2-5-11-25/h2-7,10-13,16-19,22-24,33-34,36,50,53H,8-9,14-15,20-21H2,1H3,(H,44,46)(H,45,47)/t33-,34-,36-,42-/m0/s1. The van der Waals surface area contributed by atoms with Gasteiger partial charge >= 0.3 is 0 Å². The monoisotopic (exact) mass is 721 g/mol. The number of rotatable bonds is 8. The summed E-state index contributed by atoms with van der Waals surface area (Å²) in [6, 6.07) is 29.0. The molecule has 0 unspecified atom stereocenters. The van der Waals surface area contributed by atoms with E-state index in [1.54, 1.807) is 47.2 Å². The Balaban J connectivity index is 0.929. The topological polar surface area (TPSA) is 164 Å². The predicted octanol–water partition coefficient (Wildman–Crippen LogP) is 6.73. The second-order valence-corrected chi connectivity index (χ2v) is 14.3. The fraction of sp³-hybridized carbons (Fsp3) is 0.262. The fourth-order valence-corrected chi connectivity index (χ4v) is 7.91. The number of carbonyl (C=O) groups excluding carboxylic acids is 2. The maximum Gasteiger partial charge on any atom is 0.259 e. The largest absolute Gasteiger partial charge is 0.436 e. The van der Waals surface area contributed by atoms with Crippen LogP contribution in [0, 0.1) is 0 Å². The molecule has 4 aromatic carbocycles. The van der Waals surface area contributed by atoms with Crippen LogP contribution in [-0.4, -0.2) is 69.8 Å². The van der Waals surface area contributed by atoms with Gasteiger partial charge in [-0.15, -0.1) is 0 Å². The lowest BCUT2D eigenvalue weighted by Gasteiger charge is -2.31. The molecule has 4 N–H and O–H groups in total. The highest BCUT2D eigenvalue weighted by Crippen LogP contribution is 2.38. The maximum atomic E-state index is 13.6. The fourth-order valence-electron chi connectivity index (χ4n) is 7.91. The Labute approximate surface area is 310 Å². The number of nitrogens with one attached hydrogen (secondary N) is 2. The van der Waals surface area contributed by atoms with E-state index in [1.165, 1.54) is 0 Å². The second kappa shape index (κ2) is 13.4. The predicted molar refractivity (Wildman–Crippen MR) is 201 cm³/mol. The zero-order valence-corrected chi connectivity index (χ0v) is 29.6. The van der Waals surface area contributed by atoms with Gasteiger partial charge in [0.15, 0.2) is 17.5 Å². The summed E-state index contributed by atoms with van der Waals surface area (Å²) in [6.45, 7) is 2.64. The van der Waals surface area contributed by atoms with Crippen molar-refractivity contribution in [1.29, 1.82) is 0 Å². The smallest absolute Gasteiger partial charge is 0.259 e. The van der Waals surface area contributed by atoms with Crippen LogP contribution in [0.15, 0.2) is 108 Å². The molecule has 12 nitrogen and oxygen atoms in total. The summed E-state index contributed by atoms with van der Waals surface area (Å²) >= 11 is 0. The quantitative estimate of drug-likeness (QED) is 0.134. The number of aliphatic hydroxyl groups excluding tert-OH is 1. The number of aromatic amines is 2. The highest BCUT2D eigenvalue weighted by atomic mass is 16.4. The van der Waals surface area contributed by atoms with Crippen LogP contribution in [0.2, 0.25) is 0 Å². The third-order valence-corrected chi connectivity index (χ3v) is 10.8. The van der Waals surface area contributed by atoms with Crippen LogP contribution >= 0.6 is 0 Å². The average molecular weight is 722 g/mol. The first kappa shape index (κ1) is 33.7. The first-order chi connectivity index (χ1) is 26.2. The molecule has 9 rings (SSSR count). The summed E-state index contributed by atoms with van der Waals surface area (Å²) in [4.78, 5) is 51.5. The van der Waals surface area contributed by atoms with E-state index >= 15 is 0 Å². The van der Waals surface area contributed by atoms with Crippen molar-refractivity contribution in [2.75, 3.05) is 13.1 Å². The van der Waals surface area contributed by atoms with Crippen LogP contribution in [0.5, 0.6) is 0 Å². The normalized spacial score (nSPS) is 19.1. The summed E-state index contributed by atoms with van der Waals surface area (Å²) in [5.41, 5.74) is 4.18. The zero-order chi connectivity index (χ0) is 37.0. The van der Waals surface area contributed by atoms with Gasteiger partial charge in [-0.05, 0) is 80.1 Å². The molecule has 2 fully saturated rings. The molecule has 0 saturated carbocycles. The molecule has 0 radical (unpaired) electrons. The van der Waals surface area contributed by atoms with Crippen molar-refractivity contribution in [1.82, 2.24) is 34.7 Å². The molecule has 2 aliphatic heterocycles. The lowest BCUT2D eigenvalue weighted by atomic mass is 9.94. The van der Waals surface area contributed by atoms with Crippen molar-refractivity contribution in [3.63, 3.8) is 0 Å². The molecule has 4 atom stereocenters. The lowest BCUT2D eigenvalue weighted by molar-refractivity contribution is -0.151. The molecule has 0 spiro atoms. The molecule has 0 aliphatic carbocycles. The molecular weight excluding hydrogens is 683 g/mol. The average Bonchev–Trinajstić information content (AvgIpc) is 4.06. The Morgan fingerprint density at radius 1 is 0.796 bits per heavy atom. The van der Waals surface area contributed by atoms with Crippen LogP contribution in [0.3, 0.4) is 0 Å². The second-order valence-electron chi connectivity index (χ2n) is 14.3. The van der Waals surface area contributed by atoms with Gasteiger partial charge < -0.3 is 34.4 Å². The van der Waals surface area contributed by atoms with Crippen molar-refractivity contribution in [2.24, 2.45) is 0 Å². The minimum Gasteiger partial charge on any atom is -0.436 e. The molecule has 2 amide bonds. The lowest BCUT2D eigenvalue weighted by Crippen LogP contribution is -2.45.